The van der Waals surface area contributed by atoms with Crippen LogP contribution in [0, 0.1) is 0 Å². The van der Waals surface area contributed by atoms with E-state index in [9.17, 15) is 19.8 Å². The van der Waals surface area contributed by atoms with Crippen LogP contribution in [0.2, 0.25) is 0 Å². The molecule has 6 N–H and O–H groups in total. The van der Waals surface area contributed by atoms with Crippen molar-refractivity contribution in [2.75, 3.05) is 105 Å². The molecule has 0 spiro atoms. The minimum absolute atomic E-state index is 0.0898. The summed E-state index contributed by atoms with van der Waals surface area (Å²) in [5.74, 6) is -1.77. The quantitative estimate of drug-likeness (QED) is 0.0189. The smallest absolute Gasteiger partial charge is 0.252 e. The molecule has 16 heteroatoms. The largest absolute Gasteiger partial charge is 0.380 e. The van der Waals surface area contributed by atoms with Crippen molar-refractivity contribution in [3.8, 4) is 0 Å². The molecule has 0 aromatic heterocycles. The fourth-order valence-electron chi connectivity index (χ4n) is 4.09. The molecule has 292 valence electrons. The van der Waals surface area contributed by atoms with Gasteiger partial charge in [-0.3, -0.25) is 19.0 Å². The fourth-order valence-corrected chi connectivity index (χ4v) is 5.24. The zero-order valence-corrected chi connectivity index (χ0v) is 31.5. The van der Waals surface area contributed by atoms with Crippen molar-refractivity contribution in [1.82, 2.24) is 20.1 Å². The summed E-state index contributed by atoms with van der Waals surface area (Å²) in [7, 11) is 0. The van der Waals surface area contributed by atoms with Crippen LogP contribution in [-0.4, -0.2) is 140 Å². The van der Waals surface area contributed by atoms with E-state index in [2.05, 4.69) is 38.6 Å². The van der Waals surface area contributed by atoms with Crippen LogP contribution in [0.5, 0.6) is 0 Å². The highest BCUT2D eigenvalue weighted by atomic mass is 32.2. The van der Waals surface area contributed by atoms with Crippen LogP contribution >= 0.6 is 23.9 Å². The number of amides is 2. The van der Waals surface area contributed by atoms with Gasteiger partial charge in [0.05, 0.1) is 79.3 Å². The molecule has 0 aromatic carbocycles. The Kier molecular flexibility index (Phi) is 32.2. The van der Waals surface area contributed by atoms with Crippen molar-refractivity contribution in [3.63, 3.8) is 0 Å². The van der Waals surface area contributed by atoms with Crippen LogP contribution < -0.4 is 20.1 Å². The number of aliphatic hydroxyl groups excluding tert-OH is 2. The van der Waals surface area contributed by atoms with Gasteiger partial charge >= 0.3 is 0 Å². The van der Waals surface area contributed by atoms with Gasteiger partial charge in [-0.15, -0.1) is 0 Å². The Morgan fingerprint density at radius 3 is 1.61 bits per heavy atom. The van der Waals surface area contributed by atoms with E-state index >= 15 is 0 Å². The van der Waals surface area contributed by atoms with Crippen molar-refractivity contribution in [1.29, 1.82) is 0 Å². The van der Waals surface area contributed by atoms with Crippen molar-refractivity contribution in [3.05, 3.63) is 59.4 Å². The lowest BCUT2D eigenvalue weighted by atomic mass is 10.1. The summed E-state index contributed by atoms with van der Waals surface area (Å²) < 4.78 is 39.1. The number of ether oxygens (including phenoxy) is 6. The second kappa shape index (κ2) is 35.0. The molecule has 2 unspecified atom stereocenters. The maximum absolute atomic E-state index is 12.1. The molecule has 1 aliphatic rings. The number of carbonyl (C=O) groups is 2. The SMILES string of the molecule is C=C/C=C\C=C\SNCCOCCOCCOCCNC(=O)C(O)C(O)C(=O)NCCOCCOCCOCCNS/C=C1\CCCC(=C)CC1. The van der Waals surface area contributed by atoms with E-state index in [0.29, 0.717) is 72.6 Å². The van der Waals surface area contributed by atoms with Gasteiger partial charge in [0, 0.05) is 26.2 Å². The molecule has 0 heterocycles. The third-order valence-corrected chi connectivity index (χ3v) is 8.32. The van der Waals surface area contributed by atoms with E-state index in [-0.39, 0.29) is 26.3 Å². The summed E-state index contributed by atoms with van der Waals surface area (Å²) in [5, 5.41) is 29.0. The van der Waals surface area contributed by atoms with Gasteiger partial charge in [-0.05, 0) is 42.9 Å². The Bertz CT molecular complexity index is 1020. The number of hydrogen-bond donors (Lipinski definition) is 6. The van der Waals surface area contributed by atoms with Crippen molar-refractivity contribution >= 4 is 35.7 Å². The van der Waals surface area contributed by atoms with Gasteiger partial charge in [-0.1, -0.05) is 72.5 Å². The highest BCUT2D eigenvalue weighted by molar-refractivity contribution is 8.00. The predicted octanol–water partition coefficient (Wildman–Crippen LogP) is 2.18. The van der Waals surface area contributed by atoms with Gasteiger partial charge in [0.2, 0.25) is 0 Å². The van der Waals surface area contributed by atoms with Crippen LogP contribution in [0.15, 0.2) is 59.4 Å². The van der Waals surface area contributed by atoms with Crippen LogP contribution in [0.1, 0.15) is 32.1 Å². The number of hydrogen-bond acceptors (Lipinski definition) is 14. The highest BCUT2D eigenvalue weighted by Gasteiger charge is 2.29. The molecule has 0 aromatic rings. The Labute approximate surface area is 312 Å². The molecule has 1 saturated carbocycles. The van der Waals surface area contributed by atoms with Crippen LogP contribution in [0.4, 0.5) is 0 Å². The maximum Gasteiger partial charge on any atom is 0.252 e. The molecule has 0 radical (unpaired) electrons. The minimum atomic E-state index is -1.92. The average Bonchev–Trinajstić information content (AvgIpc) is 3.35. The van der Waals surface area contributed by atoms with Crippen molar-refractivity contribution in [2.24, 2.45) is 0 Å². The summed E-state index contributed by atoms with van der Waals surface area (Å²) in [6, 6.07) is 0. The molecular weight excluding hydrogens is 701 g/mol. The molecule has 51 heavy (non-hydrogen) atoms. The molecule has 2 atom stereocenters. The molecule has 1 aliphatic carbocycles. The van der Waals surface area contributed by atoms with Gasteiger partial charge in [0.25, 0.3) is 11.8 Å². The Morgan fingerprint density at radius 1 is 0.627 bits per heavy atom. The standard InChI is InChI=1S/C35H60N4O10S2/c1-3-4-5-6-28-50-38-14-18-46-22-26-48-24-20-44-16-12-36-34(42)32(40)33(41)35(43)37-13-17-45-21-25-49-27-23-47-19-15-39-51-29-31-9-7-8-30(2)10-11-31/h3-6,28-29,32-33,38-41H,1-2,7-27H2,(H,36,42)(H,37,43)/b5-4-,28-6+,31-29+. The van der Waals surface area contributed by atoms with Crippen molar-refractivity contribution < 1.29 is 48.2 Å². The first-order valence-electron chi connectivity index (χ1n) is 17.4. The second-order valence-electron chi connectivity index (χ2n) is 11.0. The zero-order valence-electron chi connectivity index (χ0n) is 29.9. The number of rotatable bonds is 33. The zero-order chi connectivity index (χ0) is 37.0. The highest BCUT2D eigenvalue weighted by Crippen LogP contribution is 2.26. The van der Waals surface area contributed by atoms with Gasteiger partial charge in [-0.25, -0.2) is 0 Å². The molecule has 1 rings (SSSR count). The Balaban J connectivity index is 1.87. The lowest BCUT2D eigenvalue weighted by Crippen LogP contribution is -2.50. The predicted molar refractivity (Wildman–Crippen MR) is 203 cm³/mol. The van der Waals surface area contributed by atoms with Gasteiger partial charge < -0.3 is 49.3 Å². The van der Waals surface area contributed by atoms with E-state index in [1.54, 1.807) is 18.0 Å². The summed E-state index contributed by atoms with van der Waals surface area (Å²) in [5.41, 5.74) is 2.83. The van der Waals surface area contributed by atoms with Gasteiger partial charge in [-0.2, -0.15) is 0 Å². The number of aliphatic hydroxyl groups is 2. The van der Waals surface area contributed by atoms with E-state index in [1.165, 1.54) is 29.5 Å². The Morgan fingerprint density at radius 2 is 1.10 bits per heavy atom. The molecule has 0 aliphatic heterocycles. The summed E-state index contributed by atoms with van der Waals surface area (Å²) in [6.07, 6.45) is 9.19. The monoisotopic (exact) mass is 760 g/mol. The van der Waals surface area contributed by atoms with Crippen molar-refractivity contribution in [2.45, 2.75) is 44.3 Å². The molecule has 1 fully saturated rings. The fraction of sp³-hybridized carbons (Fsp3) is 0.657. The number of nitrogens with one attached hydrogen (secondary N) is 4. The minimum Gasteiger partial charge on any atom is -0.380 e. The van der Waals surface area contributed by atoms with E-state index in [0.717, 1.165) is 32.2 Å². The molecule has 0 saturated heterocycles. The third-order valence-electron chi connectivity index (χ3n) is 6.84. The lowest BCUT2D eigenvalue weighted by molar-refractivity contribution is -0.146. The topological polar surface area (TPSA) is 178 Å². The van der Waals surface area contributed by atoms with Crippen LogP contribution in [0.25, 0.3) is 0 Å². The van der Waals surface area contributed by atoms with Crippen LogP contribution in [-0.2, 0) is 38.0 Å². The van der Waals surface area contributed by atoms with E-state index < -0.39 is 24.0 Å². The summed E-state index contributed by atoms with van der Waals surface area (Å²) in [4.78, 5) is 24.1. The summed E-state index contributed by atoms with van der Waals surface area (Å²) in [6.45, 7) is 14.0. The Hall–Kier alpha value is -2.06. The molecule has 14 nitrogen and oxygen atoms in total. The molecule has 0 bridgehead atoms. The molecule has 2 amide bonds. The maximum atomic E-state index is 12.1. The first-order chi connectivity index (χ1) is 25.0. The van der Waals surface area contributed by atoms with Gasteiger partial charge in [0.1, 0.15) is 0 Å². The lowest BCUT2D eigenvalue weighted by Gasteiger charge is -2.17. The number of carbonyl (C=O) groups excluding carboxylic acids is 2. The van der Waals surface area contributed by atoms with Gasteiger partial charge in [0.15, 0.2) is 12.2 Å². The average molecular weight is 761 g/mol. The van der Waals surface area contributed by atoms with E-state index in [4.69, 9.17) is 28.4 Å². The van der Waals surface area contributed by atoms with E-state index in [1.807, 2.05) is 23.6 Å². The summed E-state index contributed by atoms with van der Waals surface area (Å²) >= 11 is 3.09. The van der Waals surface area contributed by atoms with Crippen LogP contribution in [0.3, 0.4) is 0 Å². The first kappa shape index (κ1) is 47.0. The number of allylic oxidation sites excluding steroid dienone is 6. The second-order valence-corrected chi connectivity index (χ2v) is 12.6. The first-order valence-corrected chi connectivity index (χ1v) is 19.2. The third kappa shape index (κ3) is 29.1. The normalized spacial score (nSPS) is 15.7. The molecular formula is C35H60N4O10S2.